The molecule has 0 amide bonds. The zero-order valence-corrected chi connectivity index (χ0v) is 20.6. The van der Waals surface area contributed by atoms with E-state index >= 15 is 0 Å². The second-order valence-electron chi connectivity index (χ2n) is 8.73. The number of rotatable bonds is 8. The molecule has 8 heteroatoms. The maximum atomic E-state index is 13.4. The number of nitrogens with one attached hydrogen (secondary N) is 1. The summed E-state index contributed by atoms with van der Waals surface area (Å²) >= 11 is 6.45. The number of nitrogens with two attached hydrogens (primary N) is 2. The van der Waals surface area contributed by atoms with Crippen molar-refractivity contribution in [3.05, 3.63) is 88.2 Å². The standard InChI is InChI=1S/C27H31ClFN5O/c1-32-24-7-3-5-19(16-34-12-10-21(30)11-13-34)26(24)27(31)33-22-8-9-25(23(28)15-22)35-17-18-4-2-6-20(29)14-18/h2-9,14-15,21,32H,10-13,16-17,30H2,1H3,(H2,31,33). The molecular formula is C27H31ClFN5O. The topological polar surface area (TPSA) is 88.9 Å². The van der Waals surface area contributed by atoms with E-state index in [4.69, 9.17) is 27.8 Å². The fourth-order valence-electron chi connectivity index (χ4n) is 4.25. The molecule has 4 rings (SSSR count). The first-order valence-electron chi connectivity index (χ1n) is 11.7. The van der Waals surface area contributed by atoms with E-state index in [1.807, 2.05) is 19.2 Å². The first-order chi connectivity index (χ1) is 16.9. The largest absolute Gasteiger partial charge is 0.487 e. The summed E-state index contributed by atoms with van der Waals surface area (Å²) in [5.41, 5.74) is 16.8. The highest BCUT2D eigenvalue weighted by Gasteiger charge is 2.19. The van der Waals surface area contributed by atoms with Gasteiger partial charge in [0.15, 0.2) is 0 Å². The van der Waals surface area contributed by atoms with Gasteiger partial charge in [0.2, 0.25) is 0 Å². The summed E-state index contributed by atoms with van der Waals surface area (Å²) in [7, 11) is 1.87. The molecule has 35 heavy (non-hydrogen) atoms. The van der Waals surface area contributed by atoms with Crippen LogP contribution in [0, 0.1) is 5.82 Å². The summed E-state index contributed by atoms with van der Waals surface area (Å²) in [6.45, 7) is 2.92. The molecule has 1 saturated heterocycles. The number of aliphatic imine (C=N–C) groups is 1. The Morgan fingerprint density at radius 3 is 2.63 bits per heavy atom. The van der Waals surface area contributed by atoms with Crippen molar-refractivity contribution < 1.29 is 9.13 Å². The molecule has 0 bridgehead atoms. The third kappa shape index (κ3) is 6.51. The van der Waals surface area contributed by atoms with Crippen LogP contribution < -0.4 is 21.5 Å². The van der Waals surface area contributed by atoms with Crippen LogP contribution in [0.15, 0.2) is 65.7 Å². The number of anilines is 1. The van der Waals surface area contributed by atoms with Crippen LogP contribution in [0.2, 0.25) is 5.02 Å². The fraction of sp³-hybridized carbons (Fsp3) is 0.296. The predicted octanol–water partition coefficient (Wildman–Crippen LogP) is 5.06. The van der Waals surface area contributed by atoms with Crippen molar-refractivity contribution in [3.63, 3.8) is 0 Å². The van der Waals surface area contributed by atoms with Gasteiger partial charge < -0.3 is 21.5 Å². The Balaban J connectivity index is 1.53. The lowest BCUT2D eigenvalue weighted by molar-refractivity contribution is 0.205. The lowest BCUT2D eigenvalue weighted by Gasteiger charge is -2.30. The Hall–Kier alpha value is -3.13. The molecule has 0 radical (unpaired) electrons. The first kappa shape index (κ1) is 25.0. The molecular weight excluding hydrogens is 465 g/mol. The van der Waals surface area contributed by atoms with Crippen LogP contribution in [0.5, 0.6) is 5.75 Å². The number of piperidine rings is 1. The second kappa shape index (κ2) is 11.5. The normalized spacial score (nSPS) is 15.3. The summed E-state index contributed by atoms with van der Waals surface area (Å²) in [6.07, 6.45) is 1.99. The van der Waals surface area contributed by atoms with Crippen molar-refractivity contribution in [2.75, 3.05) is 25.5 Å². The van der Waals surface area contributed by atoms with Crippen LogP contribution in [0.25, 0.3) is 0 Å². The number of ether oxygens (including phenoxy) is 1. The Morgan fingerprint density at radius 2 is 1.91 bits per heavy atom. The molecule has 5 N–H and O–H groups in total. The van der Waals surface area contributed by atoms with Crippen LogP contribution in [0.1, 0.15) is 29.5 Å². The number of amidine groups is 1. The van der Waals surface area contributed by atoms with E-state index in [-0.39, 0.29) is 18.5 Å². The summed E-state index contributed by atoms with van der Waals surface area (Å²) in [6, 6.07) is 17.9. The Morgan fingerprint density at radius 1 is 1.14 bits per heavy atom. The van der Waals surface area contributed by atoms with Gasteiger partial charge in [-0.3, -0.25) is 4.90 Å². The fourth-order valence-corrected chi connectivity index (χ4v) is 4.48. The van der Waals surface area contributed by atoms with Crippen LogP contribution in [0.3, 0.4) is 0 Å². The van der Waals surface area contributed by atoms with Crippen molar-refractivity contribution in [1.29, 1.82) is 0 Å². The van der Waals surface area contributed by atoms with Gasteiger partial charge in [0, 0.05) is 30.9 Å². The van der Waals surface area contributed by atoms with Gasteiger partial charge in [-0.1, -0.05) is 35.9 Å². The van der Waals surface area contributed by atoms with Crippen LogP contribution in [0.4, 0.5) is 15.8 Å². The van der Waals surface area contributed by atoms with Crippen molar-refractivity contribution in [3.8, 4) is 5.75 Å². The molecule has 0 spiro atoms. The summed E-state index contributed by atoms with van der Waals surface area (Å²) < 4.78 is 19.2. The smallest absolute Gasteiger partial charge is 0.138 e. The zero-order chi connectivity index (χ0) is 24.8. The Bertz CT molecular complexity index is 1190. The first-order valence-corrected chi connectivity index (χ1v) is 12.1. The van der Waals surface area contributed by atoms with E-state index in [2.05, 4.69) is 21.3 Å². The van der Waals surface area contributed by atoms with E-state index in [0.29, 0.717) is 22.3 Å². The third-order valence-corrected chi connectivity index (χ3v) is 6.45. The van der Waals surface area contributed by atoms with Crippen LogP contribution in [-0.2, 0) is 13.2 Å². The zero-order valence-electron chi connectivity index (χ0n) is 19.8. The van der Waals surface area contributed by atoms with E-state index < -0.39 is 0 Å². The number of nitrogens with zero attached hydrogens (tertiary/aromatic N) is 2. The molecule has 0 unspecified atom stereocenters. The highest BCUT2D eigenvalue weighted by atomic mass is 35.5. The molecule has 6 nitrogen and oxygen atoms in total. The summed E-state index contributed by atoms with van der Waals surface area (Å²) in [5.74, 6) is 0.596. The number of hydrogen-bond donors (Lipinski definition) is 3. The van der Waals surface area contributed by atoms with Crippen LogP contribution in [-0.4, -0.2) is 36.9 Å². The monoisotopic (exact) mass is 495 g/mol. The lowest BCUT2D eigenvalue weighted by atomic mass is 10.0. The maximum absolute atomic E-state index is 13.4. The quantitative estimate of drug-likeness (QED) is 0.300. The molecule has 3 aromatic carbocycles. The van der Waals surface area contributed by atoms with Gasteiger partial charge in [0.1, 0.15) is 24.0 Å². The predicted molar refractivity (Wildman–Crippen MR) is 141 cm³/mol. The molecule has 184 valence electrons. The number of hydrogen-bond acceptors (Lipinski definition) is 5. The molecule has 0 saturated carbocycles. The molecule has 0 aromatic heterocycles. The molecule has 3 aromatic rings. The molecule has 1 aliphatic heterocycles. The van der Waals surface area contributed by atoms with Crippen molar-refractivity contribution in [2.24, 2.45) is 16.5 Å². The maximum Gasteiger partial charge on any atom is 0.138 e. The average Bonchev–Trinajstić information content (AvgIpc) is 2.84. The number of likely N-dealkylation sites (tertiary alicyclic amines) is 1. The van der Waals surface area contributed by atoms with Gasteiger partial charge in [-0.15, -0.1) is 0 Å². The highest BCUT2D eigenvalue weighted by molar-refractivity contribution is 6.32. The second-order valence-corrected chi connectivity index (χ2v) is 9.14. The van der Waals surface area contributed by atoms with Gasteiger partial charge in [-0.2, -0.15) is 0 Å². The van der Waals surface area contributed by atoms with E-state index in [1.165, 1.54) is 12.1 Å². The van der Waals surface area contributed by atoms with Crippen molar-refractivity contribution in [2.45, 2.75) is 32.0 Å². The summed E-state index contributed by atoms with van der Waals surface area (Å²) in [4.78, 5) is 7.06. The molecule has 0 atom stereocenters. The lowest BCUT2D eigenvalue weighted by Crippen LogP contribution is -2.39. The van der Waals surface area contributed by atoms with E-state index in [9.17, 15) is 4.39 Å². The van der Waals surface area contributed by atoms with Crippen molar-refractivity contribution >= 4 is 28.8 Å². The van der Waals surface area contributed by atoms with Crippen molar-refractivity contribution in [1.82, 2.24) is 4.90 Å². The Kier molecular flexibility index (Phi) is 8.23. The average molecular weight is 496 g/mol. The molecule has 1 aliphatic rings. The van der Waals surface area contributed by atoms with Gasteiger partial charge in [-0.25, -0.2) is 9.38 Å². The molecule has 0 aliphatic carbocycles. The summed E-state index contributed by atoms with van der Waals surface area (Å²) in [5, 5.41) is 3.64. The van der Waals surface area contributed by atoms with Gasteiger partial charge in [0.25, 0.3) is 0 Å². The van der Waals surface area contributed by atoms with E-state index in [0.717, 1.165) is 54.9 Å². The SMILES string of the molecule is CNc1cccc(CN2CCC(N)CC2)c1C(N)=Nc1ccc(OCc2cccc(F)c2)c(Cl)c1. The number of halogens is 2. The van der Waals surface area contributed by atoms with Gasteiger partial charge in [0.05, 0.1) is 10.7 Å². The number of benzene rings is 3. The minimum absolute atomic E-state index is 0.211. The van der Waals surface area contributed by atoms with Gasteiger partial charge >= 0.3 is 0 Å². The Labute approximate surface area is 210 Å². The van der Waals surface area contributed by atoms with Crippen LogP contribution >= 0.6 is 11.6 Å². The molecule has 1 fully saturated rings. The minimum Gasteiger partial charge on any atom is -0.487 e. The van der Waals surface area contributed by atoms with E-state index in [1.54, 1.807) is 30.3 Å². The minimum atomic E-state index is -0.303. The van der Waals surface area contributed by atoms with Gasteiger partial charge in [-0.05, 0) is 73.5 Å². The third-order valence-electron chi connectivity index (χ3n) is 6.15. The highest BCUT2D eigenvalue weighted by Crippen LogP contribution is 2.31. The molecule has 1 heterocycles.